The van der Waals surface area contributed by atoms with E-state index in [0.717, 1.165) is 5.92 Å². The summed E-state index contributed by atoms with van der Waals surface area (Å²) >= 11 is 1.74. The normalized spacial score (nSPS) is 30.1. The van der Waals surface area contributed by atoms with E-state index in [1.54, 1.807) is 11.8 Å². The minimum Gasteiger partial charge on any atom is -0.468 e. The van der Waals surface area contributed by atoms with Gasteiger partial charge in [0, 0.05) is 11.3 Å². The van der Waals surface area contributed by atoms with Crippen molar-refractivity contribution >= 4 is 17.7 Å². The average molecular weight is 245 g/mol. The summed E-state index contributed by atoms with van der Waals surface area (Å²) in [4.78, 5) is 11.1. The van der Waals surface area contributed by atoms with Crippen LogP contribution in [0.1, 0.15) is 32.6 Å². The van der Waals surface area contributed by atoms with Gasteiger partial charge in [0.2, 0.25) is 0 Å². The van der Waals surface area contributed by atoms with E-state index in [-0.39, 0.29) is 5.97 Å². The molecule has 94 valence electrons. The SMILES string of the molecule is CCC1CCC(NC)C(SCC(=O)OC)C1. The topological polar surface area (TPSA) is 38.3 Å². The van der Waals surface area contributed by atoms with Gasteiger partial charge >= 0.3 is 5.97 Å². The van der Waals surface area contributed by atoms with Crippen molar-refractivity contribution in [1.82, 2.24) is 5.32 Å². The van der Waals surface area contributed by atoms with Crippen LogP contribution in [0.15, 0.2) is 0 Å². The number of nitrogens with one attached hydrogen (secondary N) is 1. The molecule has 3 unspecified atom stereocenters. The fourth-order valence-corrected chi connectivity index (χ4v) is 3.71. The first-order valence-corrected chi connectivity index (χ1v) is 7.11. The van der Waals surface area contributed by atoms with Gasteiger partial charge in [-0.25, -0.2) is 0 Å². The van der Waals surface area contributed by atoms with E-state index in [2.05, 4.69) is 17.0 Å². The highest BCUT2D eigenvalue weighted by Crippen LogP contribution is 2.33. The molecule has 3 nitrogen and oxygen atoms in total. The summed E-state index contributed by atoms with van der Waals surface area (Å²) in [6.07, 6.45) is 5.03. The quantitative estimate of drug-likeness (QED) is 0.753. The lowest BCUT2D eigenvalue weighted by atomic mass is 9.84. The molecule has 1 N–H and O–H groups in total. The summed E-state index contributed by atoms with van der Waals surface area (Å²) in [5, 5.41) is 3.93. The number of carbonyl (C=O) groups is 1. The molecule has 0 aromatic heterocycles. The summed E-state index contributed by atoms with van der Waals surface area (Å²) in [6, 6.07) is 0.553. The van der Waals surface area contributed by atoms with Crippen LogP contribution >= 0.6 is 11.8 Å². The van der Waals surface area contributed by atoms with Crippen LogP contribution in [0.4, 0.5) is 0 Å². The van der Waals surface area contributed by atoms with Crippen LogP contribution in [-0.2, 0) is 9.53 Å². The van der Waals surface area contributed by atoms with E-state index >= 15 is 0 Å². The van der Waals surface area contributed by atoms with Crippen molar-refractivity contribution in [3.63, 3.8) is 0 Å². The summed E-state index contributed by atoms with van der Waals surface area (Å²) in [7, 11) is 3.47. The lowest BCUT2D eigenvalue weighted by Gasteiger charge is -2.35. The first-order valence-electron chi connectivity index (χ1n) is 6.06. The highest BCUT2D eigenvalue weighted by molar-refractivity contribution is 8.00. The molecule has 0 spiro atoms. The highest BCUT2D eigenvalue weighted by Gasteiger charge is 2.29. The van der Waals surface area contributed by atoms with Crippen molar-refractivity contribution < 1.29 is 9.53 Å². The Balaban J connectivity index is 2.42. The Labute approximate surface area is 103 Å². The van der Waals surface area contributed by atoms with Crippen molar-refractivity contribution in [2.45, 2.75) is 43.9 Å². The average Bonchev–Trinajstić information content (AvgIpc) is 2.35. The maximum atomic E-state index is 11.1. The van der Waals surface area contributed by atoms with Gasteiger partial charge in [0.15, 0.2) is 0 Å². The van der Waals surface area contributed by atoms with Gasteiger partial charge in [-0.2, -0.15) is 0 Å². The van der Waals surface area contributed by atoms with E-state index in [0.29, 0.717) is 17.0 Å². The fraction of sp³-hybridized carbons (Fsp3) is 0.917. The van der Waals surface area contributed by atoms with Crippen LogP contribution in [0, 0.1) is 5.92 Å². The Morgan fingerprint density at radius 2 is 2.25 bits per heavy atom. The van der Waals surface area contributed by atoms with Gasteiger partial charge in [-0.3, -0.25) is 4.79 Å². The predicted octanol–water partition coefficient (Wildman–Crippen LogP) is 2.06. The van der Waals surface area contributed by atoms with Crippen LogP contribution in [-0.4, -0.2) is 37.2 Å². The molecule has 0 aromatic carbocycles. The Morgan fingerprint density at radius 1 is 1.50 bits per heavy atom. The summed E-state index contributed by atoms with van der Waals surface area (Å²) < 4.78 is 4.68. The number of carbonyl (C=O) groups excluding carboxylic acids is 1. The molecule has 1 rings (SSSR count). The van der Waals surface area contributed by atoms with Gasteiger partial charge in [0.25, 0.3) is 0 Å². The van der Waals surface area contributed by atoms with E-state index < -0.39 is 0 Å². The fourth-order valence-electron chi connectivity index (χ4n) is 2.33. The van der Waals surface area contributed by atoms with Crippen LogP contribution in [0.2, 0.25) is 0 Å². The molecule has 1 aliphatic rings. The monoisotopic (exact) mass is 245 g/mol. The van der Waals surface area contributed by atoms with Gasteiger partial charge in [-0.15, -0.1) is 11.8 Å². The molecule has 0 heterocycles. The van der Waals surface area contributed by atoms with Gasteiger partial charge in [0.05, 0.1) is 12.9 Å². The van der Waals surface area contributed by atoms with Crippen molar-refractivity contribution in [3.05, 3.63) is 0 Å². The Kier molecular flexibility index (Phi) is 6.21. The van der Waals surface area contributed by atoms with E-state index in [9.17, 15) is 4.79 Å². The zero-order chi connectivity index (χ0) is 12.0. The van der Waals surface area contributed by atoms with Gasteiger partial charge < -0.3 is 10.1 Å². The second kappa shape index (κ2) is 7.17. The minimum atomic E-state index is -0.113. The Morgan fingerprint density at radius 3 is 2.81 bits per heavy atom. The lowest BCUT2D eigenvalue weighted by Crippen LogP contribution is -2.41. The minimum absolute atomic E-state index is 0.113. The predicted molar refractivity (Wildman–Crippen MR) is 68.7 cm³/mol. The third-order valence-corrected chi connectivity index (χ3v) is 4.84. The molecule has 0 saturated heterocycles. The molecule has 0 bridgehead atoms. The molecule has 0 amide bonds. The number of methoxy groups -OCH3 is 1. The Hall–Kier alpha value is -0.220. The number of rotatable bonds is 5. The zero-order valence-electron chi connectivity index (χ0n) is 10.5. The molecule has 1 fully saturated rings. The van der Waals surface area contributed by atoms with Crippen LogP contribution < -0.4 is 5.32 Å². The number of ether oxygens (including phenoxy) is 1. The third kappa shape index (κ3) is 3.98. The molecule has 3 atom stereocenters. The maximum absolute atomic E-state index is 11.1. The van der Waals surface area contributed by atoms with Gasteiger partial charge in [-0.1, -0.05) is 13.3 Å². The largest absolute Gasteiger partial charge is 0.468 e. The molecule has 0 radical (unpaired) electrons. The summed E-state index contributed by atoms with van der Waals surface area (Å²) in [5.74, 6) is 1.20. The van der Waals surface area contributed by atoms with Gasteiger partial charge in [-0.05, 0) is 32.2 Å². The molecular weight excluding hydrogens is 222 g/mol. The molecular formula is C12H23NO2S. The number of esters is 1. The van der Waals surface area contributed by atoms with Crippen LogP contribution in [0.5, 0.6) is 0 Å². The molecule has 0 aliphatic heterocycles. The van der Waals surface area contributed by atoms with Crippen molar-refractivity contribution in [3.8, 4) is 0 Å². The number of hydrogen-bond donors (Lipinski definition) is 1. The molecule has 16 heavy (non-hydrogen) atoms. The second-order valence-electron chi connectivity index (χ2n) is 4.41. The van der Waals surface area contributed by atoms with E-state index in [1.807, 2.05) is 7.05 Å². The second-order valence-corrected chi connectivity index (χ2v) is 5.64. The molecule has 1 aliphatic carbocycles. The van der Waals surface area contributed by atoms with E-state index in [1.165, 1.54) is 32.8 Å². The maximum Gasteiger partial charge on any atom is 0.315 e. The summed E-state index contributed by atoms with van der Waals surface area (Å²) in [5.41, 5.74) is 0. The van der Waals surface area contributed by atoms with Crippen LogP contribution in [0.25, 0.3) is 0 Å². The molecule has 4 heteroatoms. The number of hydrogen-bond acceptors (Lipinski definition) is 4. The first-order chi connectivity index (χ1) is 7.71. The molecule has 1 saturated carbocycles. The van der Waals surface area contributed by atoms with Gasteiger partial charge in [0.1, 0.15) is 0 Å². The number of thioether (sulfide) groups is 1. The van der Waals surface area contributed by atoms with E-state index in [4.69, 9.17) is 0 Å². The summed E-state index contributed by atoms with van der Waals surface area (Å²) in [6.45, 7) is 2.26. The highest BCUT2D eigenvalue weighted by atomic mass is 32.2. The Bertz CT molecular complexity index is 223. The first kappa shape index (κ1) is 13.8. The van der Waals surface area contributed by atoms with Crippen molar-refractivity contribution in [2.75, 3.05) is 19.9 Å². The zero-order valence-corrected chi connectivity index (χ0v) is 11.3. The van der Waals surface area contributed by atoms with Crippen LogP contribution in [0.3, 0.4) is 0 Å². The third-order valence-electron chi connectivity index (χ3n) is 3.49. The standard InChI is InChI=1S/C12H23NO2S/c1-4-9-5-6-10(13-2)11(7-9)16-8-12(14)15-3/h9-11,13H,4-8H2,1-3H3. The molecule has 0 aromatic rings. The smallest absolute Gasteiger partial charge is 0.315 e. The lowest BCUT2D eigenvalue weighted by molar-refractivity contribution is -0.137. The van der Waals surface area contributed by atoms with Crippen molar-refractivity contribution in [1.29, 1.82) is 0 Å². The van der Waals surface area contributed by atoms with Crippen molar-refractivity contribution in [2.24, 2.45) is 5.92 Å².